The Kier molecular flexibility index (Phi) is 13.1. The van der Waals surface area contributed by atoms with Crippen molar-refractivity contribution in [2.75, 3.05) is 59.6 Å². The first-order valence-corrected chi connectivity index (χ1v) is 10.8. The number of amides is 1. The average molecular weight is 525 g/mol. The number of piperidine rings is 1. The molecule has 2 heterocycles. The molecule has 0 atom stereocenters. The molecule has 0 aromatic carbocycles. The Morgan fingerprint density at radius 2 is 1.90 bits per heavy atom. The van der Waals surface area contributed by atoms with E-state index in [1.54, 1.807) is 7.11 Å². The van der Waals surface area contributed by atoms with E-state index < -0.39 is 0 Å². The second-order valence-electron chi connectivity index (χ2n) is 7.74. The van der Waals surface area contributed by atoms with E-state index in [9.17, 15) is 4.79 Å². The van der Waals surface area contributed by atoms with Crippen molar-refractivity contribution in [3.05, 3.63) is 0 Å². The van der Waals surface area contributed by atoms with E-state index in [4.69, 9.17) is 14.5 Å². The fourth-order valence-corrected chi connectivity index (χ4v) is 3.67. The second kappa shape index (κ2) is 14.4. The van der Waals surface area contributed by atoms with Crippen LogP contribution in [0, 0.1) is 0 Å². The number of halogens is 1. The van der Waals surface area contributed by atoms with Gasteiger partial charge in [0.05, 0.1) is 18.7 Å². The van der Waals surface area contributed by atoms with E-state index >= 15 is 0 Å². The first kappa shape index (κ1) is 26.4. The number of likely N-dealkylation sites (tertiary alicyclic amines) is 1. The van der Waals surface area contributed by atoms with Crippen molar-refractivity contribution < 1.29 is 14.3 Å². The van der Waals surface area contributed by atoms with Crippen LogP contribution < -0.4 is 16.0 Å². The molecule has 0 aromatic rings. The fraction of sp³-hybridized carbons (Fsp3) is 0.900. The minimum absolute atomic E-state index is 0. The third-order valence-electron chi connectivity index (χ3n) is 5.57. The molecule has 0 saturated carbocycles. The van der Waals surface area contributed by atoms with Crippen LogP contribution in [0.15, 0.2) is 4.99 Å². The van der Waals surface area contributed by atoms with Gasteiger partial charge in [-0.15, -0.1) is 24.0 Å². The number of carbonyl (C=O) groups is 1. The van der Waals surface area contributed by atoms with Crippen molar-refractivity contribution in [3.63, 3.8) is 0 Å². The van der Waals surface area contributed by atoms with E-state index in [1.807, 2.05) is 0 Å². The first-order chi connectivity index (χ1) is 13.6. The lowest BCUT2D eigenvalue weighted by atomic mass is 9.94. The van der Waals surface area contributed by atoms with Gasteiger partial charge in [0.2, 0.25) is 5.91 Å². The smallest absolute Gasteiger partial charge is 0.234 e. The highest BCUT2D eigenvalue weighted by atomic mass is 127. The van der Waals surface area contributed by atoms with Gasteiger partial charge >= 0.3 is 0 Å². The molecule has 0 radical (unpaired) electrons. The zero-order valence-corrected chi connectivity index (χ0v) is 20.6. The molecular formula is C20H40IN5O3. The van der Waals surface area contributed by atoms with Crippen molar-refractivity contribution in [1.29, 1.82) is 0 Å². The molecule has 29 heavy (non-hydrogen) atoms. The highest BCUT2D eigenvalue weighted by molar-refractivity contribution is 14.0. The minimum atomic E-state index is -0.212. The quantitative estimate of drug-likeness (QED) is 0.240. The Bertz CT molecular complexity index is 493. The van der Waals surface area contributed by atoms with Crippen LogP contribution in [-0.2, 0) is 14.3 Å². The predicted molar refractivity (Wildman–Crippen MR) is 127 cm³/mol. The number of nitrogens with one attached hydrogen (secondary N) is 3. The number of methoxy groups -OCH3 is 1. The number of aliphatic imine (C=N–C) groups is 1. The van der Waals surface area contributed by atoms with E-state index in [2.05, 4.69) is 34.7 Å². The number of hydrogen-bond acceptors (Lipinski definition) is 5. The Hall–Kier alpha value is -0.650. The molecule has 0 aromatic heterocycles. The highest BCUT2D eigenvalue weighted by Gasteiger charge is 2.32. The van der Waals surface area contributed by atoms with Gasteiger partial charge in [-0.2, -0.15) is 0 Å². The van der Waals surface area contributed by atoms with Crippen molar-refractivity contribution in [2.45, 2.75) is 57.6 Å². The summed E-state index contributed by atoms with van der Waals surface area (Å²) in [4.78, 5) is 18.9. The van der Waals surface area contributed by atoms with Gasteiger partial charge in [0.25, 0.3) is 0 Å². The number of guanidine groups is 1. The molecule has 0 unspecified atom stereocenters. The Morgan fingerprint density at radius 1 is 1.21 bits per heavy atom. The molecule has 9 heteroatoms. The van der Waals surface area contributed by atoms with Gasteiger partial charge in [-0.1, -0.05) is 6.92 Å². The summed E-state index contributed by atoms with van der Waals surface area (Å²) in [6.07, 6.45) is 4.75. The SMILES string of the molecule is CCCNC(=O)CN1CCC(NC(=NCC2(OC)CCOCC2)NCC)CC1.I. The fourth-order valence-electron chi connectivity index (χ4n) is 3.67. The molecule has 0 aliphatic carbocycles. The lowest BCUT2D eigenvalue weighted by molar-refractivity contribution is -0.122. The van der Waals surface area contributed by atoms with Crippen LogP contribution in [0.1, 0.15) is 46.0 Å². The lowest BCUT2D eigenvalue weighted by Crippen LogP contribution is -2.50. The molecule has 2 aliphatic rings. The molecule has 2 aliphatic heterocycles. The molecule has 1 amide bonds. The van der Waals surface area contributed by atoms with E-state index in [0.29, 0.717) is 19.1 Å². The predicted octanol–water partition coefficient (Wildman–Crippen LogP) is 1.35. The lowest BCUT2D eigenvalue weighted by Gasteiger charge is -2.35. The highest BCUT2D eigenvalue weighted by Crippen LogP contribution is 2.24. The van der Waals surface area contributed by atoms with Gasteiger partial charge in [-0.25, -0.2) is 0 Å². The van der Waals surface area contributed by atoms with Gasteiger partial charge in [-0.05, 0) is 26.2 Å². The molecule has 0 bridgehead atoms. The summed E-state index contributed by atoms with van der Waals surface area (Å²) in [6, 6.07) is 0.376. The Labute approximate surface area is 192 Å². The summed E-state index contributed by atoms with van der Waals surface area (Å²) in [6.45, 7) is 10.2. The topological polar surface area (TPSA) is 87.2 Å². The van der Waals surface area contributed by atoms with Crippen molar-refractivity contribution in [3.8, 4) is 0 Å². The third-order valence-corrected chi connectivity index (χ3v) is 5.57. The van der Waals surface area contributed by atoms with Crippen LogP contribution in [0.5, 0.6) is 0 Å². The molecular weight excluding hydrogens is 485 g/mol. The first-order valence-electron chi connectivity index (χ1n) is 10.8. The zero-order chi connectivity index (χ0) is 20.2. The number of nitrogens with zero attached hydrogens (tertiary/aromatic N) is 2. The maximum Gasteiger partial charge on any atom is 0.234 e. The summed E-state index contributed by atoms with van der Waals surface area (Å²) in [5, 5.41) is 9.87. The standard InChI is InChI=1S/C20H39N5O3.HI/c1-4-10-22-18(26)15-25-11-6-17(7-12-25)24-19(21-5-2)23-16-20(27-3)8-13-28-14-9-20;/h17H,4-16H2,1-3H3,(H,22,26)(H2,21,23,24);1H. The van der Waals surface area contributed by atoms with Gasteiger partial charge in [0.15, 0.2) is 5.96 Å². The van der Waals surface area contributed by atoms with Gasteiger partial charge in [-0.3, -0.25) is 14.7 Å². The van der Waals surface area contributed by atoms with Crippen molar-refractivity contribution >= 4 is 35.8 Å². The maximum absolute atomic E-state index is 11.9. The van der Waals surface area contributed by atoms with Crippen molar-refractivity contribution in [1.82, 2.24) is 20.9 Å². The van der Waals surface area contributed by atoms with Crippen LogP contribution in [0.2, 0.25) is 0 Å². The van der Waals surface area contributed by atoms with Crippen LogP contribution in [-0.4, -0.2) is 88.0 Å². The Balaban J connectivity index is 0.00000420. The molecule has 170 valence electrons. The van der Waals surface area contributed by atoms with E-state index in [-0.39, 0.29) is 35.5 Å². The Morgan fingerprint density at radius 3 is 2.48 bits per heavy atom. The van der Waals surface area contributed by atoms with Crippen LogP contribution in [0.25, 0.3) is 0 Å². The summed E-state index contributed by atoms with van der Waals surface area (Å²) < 4.78 is 11.3. The van der Waals surface area contributed by atoms with Gasteiger partial charge < -0.3 is 25.4 Å². The normalized spacial score (nSPS) is 20.6. The third kappa shape index (κ3) is 9.35. The molecule has 2 rings (SSSR count). The number of ether oxygens (including phenoxy) is 2. The van der Waals surface area contributed by atoms with Crippen molar-refractivity contribution in [2.24, 2.45) is 4.99 Å². The minimum Gasteiger partial charge on any atom is -0.381 e. The van der Waals surface area contributed by atoms with Crippen LogP contribution >= 0.6 is 24.0 Å². The molecule has 2 fully saturated rings. The van der Waals surface area contributed by atoms with Gasteiger partial charge in [0.1, 0.15) is 0 Å². The number of carbonyl (C=O) groups excluding carboxylic acids is 1. The van der Waals surface area contributed by atoms with E-state index in [1.165, 1.54) is 0 Å². The summed E-state index contributed by atoms with van der Waals surface area (Å²) in [5.41, 5.74) is -0.212. The summed E-state index contributed by atoms with van der Waals surface area (Å²) >= 11 is 0. The summed E-state index contributed by atoms with van der Waals surface area (Å²) in [7, 11) is 1.77. The monoisotopic (exact) mass is 525 g/mol. The summed E-state index contributed by atoms with van der Waals surface area (Å²) in [5.74, 6) is 0.981. The van der Waals surface area contributed by atoms with Crippen LogP contribution in [0.4, 0.5) is 0 Å². The molecule has 0 spiro atoms. The van der Waals surface area contributed by atoms with Crippen LogP contribution in [0.3, 0.4) is 0 Å². The molecule has 3 N–H and O–H groups in total. The maximum atomic E-state index is 11.9. The zero-order valence-electron chi connectivity index (χ0n) is 18.3. The number of rotatable bonds is 9. The molecule has 2 saturated heterocycles. The average Bonchev–Trinajstić information content (AvgIpc) is 2.73. The second-order valence-corrected chi connectivity index (χ2v) is 7.74. The van der Waals surface area contributed by atoms with Gasteiger partial charge in [0, 0.05) is 65.4 Å². The molecule has 8 nitrogen and oxygen atoms in total. The number of hydrogen-bond donors (Lipinski definition) is 3. The van der Waals surface area contributed by atoms with E-state index in [0.717, 1.165) is 77.5 Å². The largest absolute Gasteiger partial charge is 0.381 e.